The summed E-state index contributed by atoms with van der Waals surface area (Å²) in [5.41, 5.74) is 6.12. The summed E-state index contributed by atoms with van der Waals surface area (Å²) in [5.74, 6) is 0.888. The second kappa shape index (κ2) is 5.30. The van der Waals surface area contributed by atoms with Gasteiger partial charge in [-0.25, -0.2) is 9.80 Å². The molecule has 1 aliphatic carbocycles. The molecule has 0 spiro atoms. The minimum atomic E-state index is -0.147. The number of alkyl halides is 1. The third-order valence-electron chi connectivity index (χ3n) is 3.40. The van der Waals surface area contributed by atoms with Crippen LogP contribution in [0.25, 0.3) is 5.53 Å². The molecule has 1 atom stereocenters. The van der Waals surface area contributed by atoms with Crippen molar-refractivity contribution in [3.05, 3.63) is 29.0 Å². The highest BCUT2D eigenvalue weighted by atomic mass is 35.5. The number of hydrogen-bond acceptors (Lipinski definition) is 2. The van der Waals surface area contributed by atoms with Gasteiger partial charge in [0, 0.05) is 5.88 Å². The first-order valence-corrected chi connectivity index (χ1v) is 6.56. The molecule has 1 fully saturated rings. The van der Waals surface area contributed by atoms with E-state index < -0.39 is 0 Å². The number of nitrogens with zero attached hydrogens (tertiary/aromatic N) is 4. The molecule has 1 heterocycles. The van der Waals surface area contributed by atoms with Crippen molar-refractivity contribution in [3.8, 4) is 0 Å². The highest BCUT2D eigenvalue weighted by Crippen LogP contribution is 2.32. The molecule has 0 aromatic heterocycles. The predicted molar refractivity (Wildman–Crippen MR) is 71.4 cm³/mol. The fraction of sp³-hybridized carbons (Fsp3) is 0.583. The highest BCUT2D eigenvalue weighted by molar-refractivity contribution is 6.18. The lowest BCUT2D eigenvalue weighted by Crippen LogP contribution is -2.35. The van der Waals surface area contributed by atoms with Crippen molar-refractivity contribution in [2.45, 2.75) is 19.8 Å². The summed E-state index contributed by atoms with van der Waals surface area (Å²) in [6, 6.07) is -0.147. The molecule has 18 heavy (non-hydrogen) atoms. The Morgan fingerprint density at radius 2 is 2.22 bits per heavy atom. The van der Waals surface area contributed by atoms with Gasteiger partial charge in [0.15, 0.2) is 0 Å². The molecular weight excluding hydrogens is 252 g/mol. The smallest absolute Gasteiger partial charge is 0.321 e. The number of hydrogen-bond donors (Lipinski definition) is 0. The van der Waals surface area contributed by atoms with Crippen LogP contribution in [0.4, 0.5) is 4.79 Å². The fourth-order valence-electron chi connectivity index (χ4n) is 2.27. The SMILES string of the molecule is CC1=C(N2C(=O)N(C)[N-]N2C)C=CCCC1CCl. The number of carbonyl (C=O) groups excluding carboxylic acids is 1. The molecule has 5 nitrogen and oxygen atoms in total. The van der Waals surface area contributed by atoms with Crippen molar-refractivity contribution in [2.75, 3.05) is 20.0 Å². The van der Waals surface area contributed by atoms with Crippen molar-refractivity contribution < 1.29 is 4.79 Å². The van der Waals surface area contributed by atoms with Crippen LogP contribution >= 0.6 is 11.6 Å². The van der Waals surface area contributed by atoms with Crippen LogP contribution < -0.4 is 0 Å². The molecule has 6 heteroatoms. The summed E-state index contributed by atoms with van der Waals surface area (Å²) >= 11 is 6.01. The zero-order valence-corrected chi connectivity index (χ0v) is 11.7. The second-order valence-corrected chi connectivity index (χ2v) is 4.90. The van der Waals surface area contributed by atoms with Gasteiger partial charge >= 0.3 is 6.03 Å². The number of halogens is 1. The van der Waals surface area contributed by atoms with Crippen molar-refractivity contribution in [1.29, 1.82) is 0 Å². The summed E-state index contributed by atoms with van der Waals surface area (Å²) in [6.07, 6.45) is 6.08. The standard InChI is InChI=1S/C12H18ClN4O/c1-9-10(8-13)6-4-5-7-11(9)17-12(18)15(2)14-16(17)3/h5,7,10H,4,6,8H2,1-3H3/q-1. The number of allylic oxidation sites excluding steroid dienone is 3. The number of carbonyl (C=O) groups is 1. The Bertz CT molecular complexity index is 407. The van der Waals surface area contributed by atoms with Gasteiger partial charge in [0.1, 0.15) is 0 Å². The van der Waals surface area contributed by atoms with Crippen LogP contribution in [0, 0.1) is 5.92 Å². The average Bonchev–Trinajstić information content (AvgIpc) is 2.52. The first-order valence-electron chi connectivity index (χ1n) is 6.02. The van der Waals surface area contributed by atoms with Crippen molar-refractivity contribution in [1.82, 2.24) is 15.1 Å². The minimum Gasteiger partial charge on any atom is -0.477 e. The minimum absolute atomic E-state index is 0.147. The van der Waals surface area contributed by atoms with Crippen LogP contribution in [-0.2, 0) is 0 Å². The Morgan fingerprint density at radius 1 is 1.50 bits per heavy atom. The fourth-order valence-corrected chi connectivity index (χ4v) is 2.66. The lowest BCUT2D eigenvalue weighted by molar-refractivity contribution is 0.141. The topological polar surface area (TPSA) is 40.9 Å². The van der Waals surface area contributed by atoms with E-state index in [0.29, 0.717) is 11.8 Å². The van der Waals surface area contributed by atoms with Crippen LogP contribution in [0.3, 0.4) is 0 Å². The van der Waals surface area contributed by atoms with Crippen molar-refractivity contribution >= 4 is 17.6 Å². The van der Waals surface area contributed by atoms with Gasteiger partial charge < -0.3 is 10.5 Å². The lowest BCUT2D eigenvalue weighted by Gasteiger charge is -2.33. The molecule has 0 radical (unpaired) electrons. The Hall–Kier alpha value is -1.04. The zero-order valence-electron chi connectivity index (χ0n) is 10.9. The van der Waals surface area contributed by atoms with Crippen LogP contribution in [0.1, 0.15) is 19.8 Å². The van der Waals surface area contributed by atoms with E-state index in [1.54, 1.807) is 24.2 Å². The van der Waals surface area contributed by atoms with E-state index >= 15 is 0 Å². The van der Waals surface area contributed by atoms with Gasteiger partial charge in [0.25, 0.3) is 0 Å². The zero-order chi connectivity index (χ0) is 13.3. The number of amides is 2. The Labute approximate surface area is 113 Å². The van der Waals surface area contributed by atoms with Gasteiger partial charge in [-0.3, -0.25) is 5.12 Å². The van der Waals surface area contributed by atoms with E-state index in [2.05, 4.69) is 11.6 Å². The van der Waals surface area contributed by atoms with E-state index in [1.165, 1.54) is 5.01 Å². The monoisotopic (exact) mass is 269 g/mol. The molecule has 2 rings (SSSR count). The molecule has 0 aromatic rings. The van der Waals surface area contributed by atoms with Gasteiger partial charge in [-0.1, -0.05) is 6.08 Å². The third kappa shape index (κ3) is 2.25. The van der Waals surface area contributed by atoms with E-state index in [9.17, 15) is 4.79 Å². The van der Waals surface area contributed by atoms with Crippen LogP contribution in [-0.4, -0.2) is 41.1 Å². The summed E-state index contributed by atoms with van der Waals surface area (Å²) in [5, 5.41) is 4.47. The van der Waals surface area contributed by atoms with Gasteiger partial charge in [0.05, 0.1) is 5.70 Å². The molecule has 0 N–H and O–H groups in total. The molecule has 100 valence electrons. The largest absolute Gasteiger partial charge is 0.477 e. The third-order valence-corrected chi connectivity index (χ3v) is 3.77. The van der Waals surface area contributed by atoms with Gasteiger partial charge in [-0.2, -0.15) is 0 Å². The molecule has 1 aliphatic heterocycles. The number of hydrazine groups is 1. The van der Waals surface area contributed by atoms with E-state index in [1.807, 2.05) is 13.0 Å². The van der Waals surface area contributed by atoms with E-state index in [0.717, 1.165) is 24.1 Å². The van der Waals surface area contributed by atoms with Crippen LogP contribution in [0.5, 0.6) is 0 Å². The second-order valence-electron chi connectivity index (χ2n) is 4.60. The molecule has 2 aliphatic rings. The molecular formula is C12H18ClN4O-. The molecule has 1 saturated heterocycles. The van der Waals surface area contributed by atoms with Gasteiger partial charge in [0.2, 0.25) is 0 Å². The van der Waals surface area contributed by atoms with Crippen LogP contribution in [0.15, 0.2) is 23.4 Å². The summed E-state index contributed by atoms with van der Waals surface area (Å²) in [7, 11) is 3.41. The van der Waals surface area contributed by atoms with Gasteiger partial charge in [-0.15, -0.1) is 11.6 Å². The Balaban J connectivity index is 2.37. The van der Waals surface area contributed by atoms with Gasteiger partial charge in [-0.05, 0) is 51.4 Å². The quantitative estimate of drug-likeness (QED) is 0.723. The van der Waals surface area contributed by atoms with Crippen molar-refractivity contribution in [3.63, 3.8) is 0 Å². The average molecular weight is 270 g/mol. The van der Waals surface area contributed by atoms with Crippen LogP contribution in [0.2, 0.25) is 0 Å². The molecule has 0 bridgehead atoms. The molecule has 2 amide bonds. The maximum absolute atomic E-state index is 12.1. The molecule has 1 unspecified atom stereocenters. The van der Waals surface area contributed by atoms with Crippen molar-refractivity contribution in [2.24, 2.45) is 5.92 Å². The highest BCUT2D eigenvalue weighted by Gasteiger charge is 2.28. The van der Waals surface area contributed by atoms with E-state index in [4.69, 9.17) is 11.6 Å². The number of rotatable bonds is 2. The lowest BCUT2D eigenvalue weighted by atomic mass is 9.97. The maximum atomic E-state index is 12.1. The first kappa shape index (κ1) is 13.4. The Kier molecular flexibility index (Phi) is 3.94. The van der Waals surface area contributed by atoms with E-state index in [-0.39, 0.29) is 6.03 Å². The Morgan fingerprint density at radius 3 is 2.78 bits per heavy atom. The summed E-state index contributed by atoms with van der Waals surface area (Å²) < 4.78 is 0. The maximum Gasteiger partial charge on any atom is 0.321 e. The number of urea groups is 1. The predicted octanol–water partition coefficient (Wildman–Crippen LogP) is 2.88. The first-order chi connectivity index (χ1) is 8.56. The summed E-state index contributed by atoms with van der Waals surface area (Å²) in [6.45, 7) is 2.04. The summed E-state index contributed by atoms with van der Waals surface area (Å²) in [4.78, 5) is 12.1. The molecule has 0 saturated carbocycles. The normalized spacial score (nSPS) is 26.2. The molecule has 0 aromatic carbocycles.